The van der Waals surface area contributed by atoms with E-state index >= 15 is 0 Å². The average molecular weight is 295 g/mol. The molecular formula is C13H24F3N3O. The van der Waals surface area contributed by atoms with Gasteiger partial charge in [0.05, 0.1) is 19.6 Å². The Balaban J connectivity index is 2.27. The van der Waals surface area contributed by atoms with E-state index in [4.69, 9.17) is 4.74 Å². The first kappa shape index (κ1) is 17.1. The molecule has 0 radical (unpaired) electrons. The number of rotatable bonds is 8. The van der Waals surface area contributed by atoms with Crippen LogP contribution in [0.5, 0.6) is 0 Å². The van der Waals surface area contributed by atoms with Gasteiger partial charge >= 0.3 is 6.18 Å². The molecule has 0 heterocycles. The van der Waals surface area contributed by atoms with Crippen LogP contribution in [0.1, 0.15) is 26.2 Å². The van der Waals surface area contributed by atoms with Crippen LogP contribution < -0.4 is 5.32 Å². The number of guanidine groups is 1. The molecular weight excluding hydrogens is 271 g/mol. The zero-order valence-corrected chi connectivity index (χ0v) is 12.2. The van der Waals surface area contributed by atoms with Crippen molar-refractivity contribution >= 4 is 5.96 Å². The number of hydrogen-bond donors (Lipinski definition) is 1. The highest BCUT2D eigenvalue weighted by atomic mass is 19.4. The largest absolute Gasteiger partial charge is 0.390 e. The Morgan fingerprint density at radius 2 is 2.10 bits per heavy atom. The Labute approximate surface area is 118 Å². The van der Waals surface area contributed by atoms with Crippen LogP contribution in [0.25, 0.3) is 0 Å². The lowest BCUT2D eigenvalue weighted by atomic mass is 10.4. The summed E-state index contributed by atoms with van der Waals surface area (Å²) in [4.78, 5) is 5.78. The Hall–Kier alpha value is -0.980. The summed E-state index contributed by atoms with van der Waals surface area (Å²) in [6.07, 6.45) is -2.56. The van der Waals surface area contributed by atoms with E-state index in [1.165, 1.54) is 12.8 Å². The summed E-state index contributed by atoms with van der Waals surface area (Å²) < 4.78 is 41.8. The smallest absolute Gasteiger partial charge is 0.379 e. The SMILES string of the molecule is CCNC(=NCCC(F)(F)F)N(C)CCOCC1CC1. The maximum Gasteiger partial charge on any atom is 0.390 e. The minimum absolute atomic E-state index is 0.251. The van der Waals surface area contributed by atoms with Crippen LogP contribution >= 0.6 is 0 Å². The molecule has 0 bridgehead atoms. The van der Waals surface area contributed by atoms with Crippen LogP contribution in [0, 0.1) is 5.92 Å². The third kappa shape index (κ3) is 8.24. The summed E-state index contributed by atoms with van der Waals surface area (Å²) in [7, 11) is 1.80. The van der Waals surface area contributed by atoms with Gasteiger partial charge in [-0.1, -0.05) is 0 Å². The molecule has 1 aliphatic rings. The summed E-state index contributed by atoms with van der Waals surface area (Å²) in [6.45, 7) is 4.23. The van der Waals surface area contributed by atoms with E-state index in [9.17, 15) is 13.2 Å². The van der Waals surface area contributed by atoms with Gasteiger partial charge in [0, 0.05) is 26.7 Å². The van der Waals surface area contributed by atoms with E-state index < -0.39 is 12.6 Å². The number of aliphatic imine (C=N–C) groups is 1. The second-order valence-electron chi connectivity index (χ2n) is 5.04. The third-order valence-corrected chi connectivity index (χ3v) is 2.97. The van der Waals surface area contributed by atoms with Crippen molar-refractivity contribution in [3.8, 4) is 0 Å². The average Bonchev–Trinajstić information content (AvgIpc) is 3.16. The lowest BCUT2D eigenvalue weighted by Gasteiger charge is -2.22. The van der Waals surface area contributed by atoms with Gasteiger partial charge in [-0.05, 0) is 25.7 Å². The van der Waals surface area contributed by atoms with Crippen molar-refractivity contribution < 1.29 is 17.9 Å². The summed E-state index contributed by atoms with van der Waals surface area (Å²) in [6, 6.07) is 0. The molecule has 0 aromatic rings. The van der Waals surface area contributed by atoms with Crippen molar-refractivity contribution in [2.45, 2.75) is 32.4 Å². The molecule has 7 heteroatoms. The van der Waals surface area contributed by atoms with Gasteiger partial charge in [0.25, 0.3) is 0 Å². The number of alkyl halides is 3. The highest BCUT2D eigenvalue weighted by Gasteiger charge is 2.26. The van der Waals surface area contributed by atoms with E-state index in [1.54, 1.807) is 11.9 Å². The van der Waals surface area contributed by atoms with Crippen molar-refractivity contribution in [3.05, 3.63) is 0 Å². The van der Waals surface area contributed by atoms with Crippen molar-refractivity contribution in [2.75, 3.05) is 39.9 Å². The number of nitrogens with one attached hydrogen (secondary N) is 1. The van der Waals surface area contributed by atoms with E-state index in [2.05, 4.69) is 10.3 Å². The van der Waals surface area contributed by atoms with Gasteiger partial charge in [-0.3, -0.25) is 4.99 Å². The quantitative estimate of drug-likeness (QED) is 0.424. The van der Waals surface area contributed by atoms with Crippen LogP contribution in [-0.2, 0) is 4.74 Å². The standard InChI is InChI=1S/C13H24F3N3O/c1-3-17-12(18-7-6-13(14,15)16)19(2)8-9-20-10-11-4-5-11/h11H,3-10H2,1-2H3,(H,17,18). The van der Waals surface area contributed by atoms with Crippen LogP contribution in [0.2, 0.25) is 0 Å². The Bertz CT molecular complexity index is 304. The van der Waals surface area contributed by atoms with E-state index in [0.29, 0.717) is 31.6 Å². The molecule has 20 heavy (non-hydrogen) atoms. The fourth-order valence-corrected chi connectivity index (χ4v) is 1.60. The molecule has 1 saturated carbocycles. The number of hydrogen-bond acceptors (Lipinski definition) is 2. The first-order chi connectivity index (χ1) is 9.42. The second-order valence-corrected chi connectivity index (χ2v) is 5.04. The molecule has 0 atom stereocenters. The van der Waals surface area contributed by atoms with Gasteiger partial charge in [0.2, 0.25) is 0 Å². The fraction of sp³-hybridized carbons (Fsp3) is 0.923. The number of likely N-dealkylation sites (N-methyl/N-ethyl adjacent to an activating group) is 1. The van der Waals surface area contributed by atoms with E-state index in [-0.39, 0.29) is 6.54 Å². The monoisotopic (exact) mass is 295 g/mol. The van der Waals surface area contributed by atoms with Gasteiger partial charge in [-0.15, -0.1) is 0 Å². The molecule has 0 aromatic carbocycles. The molecule has 0 saturated heterocycles. The highest BCUT2D eigenvalue weighted by Crippen LogP contribution is 2.28. The molecule has 0 amide bonds. The lowest BCUT2D eigenvalue weighted by molar-refractivity contribution is -0.132. The lowest BCUT2D eigenvalue weighted by Crippen LogP contribution is -2.40. The molecule has 1 N–H and O–H groups in total. The molecule has 1 aliphatic carbocycles. The minimum Gasteiger partial charge on any atom is -0.379 e. The molecule has 1 fully saturated rings. The highest BCUT2D eigenvalue weighted by molar-refractivity contribution is 5.79. The van der Waals surface area contributed by atoms with E-state index in [0.717, 1.165) is 6.61 Å². The molecule has 4 nitrogen and oxygen atoms in total. The van der Waals surface area contributed by atoms with Gasteiger partial charge in [0.15, 0.2) is 5.96 Å². The molecule has 118 valence electrons. The summed E-state index contributed by atoms with van der Waals surface area (Å²) >= 11 is 0. The van der Waals surface area contributed by atoms with Crippen LogP contribution in [0.4, 0.5) is 13.2 Å². The van der Waals surface area contributed by atoms with Gasteiger partial charge in [-0.2, -0.15) is 13.2 Å². The number of ether oxygens (including phenoxy) is 1. The first-order valence-corrected chi connectivity index (χ1v) is 7.06. The molecule has 0 aromatic heterocycles. The van der Waals surface area contributed by atoms with Gasteiger partial charge < -0.3 is 15.0 Å². The predicted octanol–water partition coefficient (Wildman–Crippen LogP) is 2.26. The zero-order valence-electron chi connectivity index (χ0n) is 12.2. The van der Waals surface area contributed by atoms with Gasteiger partial charge in [-0.25, -0.2) is 0 Å². The minimum atomic E-state index is -4.16. The van der Waals surface area contributed by atoms with Gasteiger partial charge in [0.1, 0.15) is 0 Å². The zero-order chi connectivity index (χ0) is 15.0. The first-order valence-electron chi connectivity index (χ1n) is 7.06. The van der Waals surface area contributed by atoms with Crippen LogP contribution in [-0.4, -0.2) is 56.9 Å². The number of halogens is 3. The summed E-state index contributed by atoms with van der Waals surface area (Å²) in [5.74, 6) is 1.21. The molecule has 0 unspecified atom stereocenters. The Morgan fingerprint density at radius 3 is 2.65 bits per heavy atom. The van der Waals surface area contributed by atoms with Crippen molar-refractivity contribution in [1.82, 2.24) is 10.2 Å². The molecule has 0 spiro atoms. The Morgan fingerprint density at radius 1 is 1.40 bits per heavy atom. The fourth-order valence-electron chi connectivity index (χ4n) is 1.60. The number of nitrogens with zero attached hydrogens (tertiary/aromatic N) is 2. The normalized spacial score (nSPS) is 16.4. The summed E-state index contributed by atoms with van der Waals surface area (Å²) in [5, 5.41) is 2.98. The van der Waals surface area contributed by atoms with Crippen molar-refractivity contribution in [2.24, 2.45) is 10.9 Å². The molecule has 0 aliphatic heterocycles. The van der Waals surface area contributed by atoms with Crippen molar-refractivity contribution in [3.63, 3.8) is 0 Å². The van der Waals surface area contributed by atoms with E-state index in [1.807, 2.05) is 6.92 Å². The van der Waals surface area contributed by atoms with Crippen molar-refractivity contribution in [1.29, 1.82) is 0 Å². The maximum absolute atomic E-state index is 12.1. The summed E-state index contributed by atoms with van der Waals surface area (Å²) in [5.41, 5.74) is 0. The Kier molecular flexibility index (Phi) is 7.12. The topological polar surface area (TPSA) is 36.9 Å². The maximum atomic E-state index is 12.1. The second kappa shape index (κ2) is 8.34. The predicted molar refractivity (Wildman–Crippen MR) is 72.8 cm³/mol. The van der Waals surface area contributed by atoms with Crippen LogP contribution in [0.15, 0.2) is 4.99 Å². The van der Waals surface area contributed by atoms with Crippen LogP contribution in [0.3, 0.4) is 0 Å². The third-order valence-electron chi connectivity index (χ3n) is 2.97. The molecule has 1 rings (SSSR count).